The van der Waals surface area contributed by atoms with E-state index in [4.69, 9.17) is 0 Å². The molecule has 0 unspecified atom stereocenters. The van der Waals surface area contributed by atoms with Gasteiger partial charge in [-0.2, -0.15) is 0 Å². The van der Waals surface area contributed by atoms with E-state index in [1.165, 1.54) is 28.0 Å². The summed E-state index contributed by atoms with van der Waals surface area (Å²) in [5.74, 6) is 0. The lowest BCUT2D eigenvalue weighted by atomic mass is 10.1. The van der Waals surface area contributed by atoms with Crippen molar-refractivity contribution in [2.45, 2.75) is 33.7 Å². The van der Waals surface area contributed by atoms with E-state index in [1.807, 2.05) is 6.20 Å². The number of hydrogen-bond acceptors (Lipinski definition) is 3. The van der Waals surface area contributed by atoms with E-state index in [0.717, 1.165) is 18.1 Å². The van der Waals surface area contributed by atoms with Crippen molar-refractivity contribution in [3.63, 3.8) is 0 Å². The smallest absolute Gasteiger partial charge is 0.123 e. The monoisotopic (exact) mass is 260 g/mol. The molecule has 96 valence electrons. The van der Waals surface area contributed by atoms with Crippen molar-refractivity contribution in [2.24, 2.45) is 0 Å². The van der Waals surface area contributed by atoms with Gasteiger partial charge in [0, 0.05) is 23.2 Å². The first kappa shape index (κ1) is 13.2. The van der Waals surface area contributed by atoms with Crippen LogP contribution in [0.3, 0.4) is 0 Å². The SMILES string of the molecule is CCCNCc1cnc(-c2cc(C)ccc2C)s1. The fourth-order valence-corrected chi connectivity index (χ4v) is 2.83. The van der Waals surface area contributed by atoms with Gasteiger partial charge in [0.25, 0.3) is 0 Å². The van der Waals surface area contributed by atoms with Crippen LogP contribution in [0.25, 0.3) is 10.6 Å². The Bertz CT molecular complexity index is 517. The predicted molar refractivity (Wildman–Crippen MR) is 79.0 cm³/mol. The summed E-state index contributed by atoms with van der Waals surface area (Å²) >= 11 is 1.79. The quantitative estimate of drug-likeness (QED) is 0.824. The molecule has 0 amide bonds. The number of benzene rings is 1. The van der Waals surface area contributed by atoms with Gasteiger partial charge >= 0.3 is 0 Å². The summed E-state index contributed by atoms with van der Waals surface area (Å²) in [4.78, 5) is 5.85. The predicted octanol–water partition coefficient (Wildman–Crippen LogP) is 3.93. The third-order valence-corrected chi connectivity index (χ3v) is 3.93. The van der Waals surface area contributed by atoms with E-state index in [-0.39, 0.29) is 0 Å². The molecule has 1 aromatic carbocycles. The Balaban J connectivity index is 2.16. The lowest BCUT2D eigenvalue weighted by molar-refractivity contribution is 0.681. The van der Waals surface area contributed by atoms with Gasteiger partial charge in [-0.3, -0.25) is 0 Å². The molecule has 2 nitrogen and oxygen atoms in total. The van der Waals surface area contributed by atoms with Crippen LogP contribution in [-0.4, -0.2) is 11.5 Å². The normalized spacial score (nSPS) is 10.8. The van der Waals surface area contributed by atoms with Crippen molar-refractivity contribution in [3.8, 4) is 10.6 Å². The summed E-state index contributed by atoms with van der Waals surface area (Å²) in [6, 6.07) is 6.54. The van der Waals surface area contributed by atoms with Gasteiger partial charge in [-0.05, 0) is 38.4 Å². The highest BCUT2D eigenvalue weighted by Crippen LogP contribution is 2.28. The first-order chi connectivity index (χ1) is 8.70. The van der Waals surface area contributed by atoms with Crippen LogP contribution >= 0.6 is 11.3 Å². The molecule has 0 aliphatic carbocycles. The average molecular weight is 260 g/mol. The highest BCUT2D eigenvalue weighted by atomic mass is 32.1. The fraction of sp³-hybridized carbons (Fsp3) is 0.400. The zero-order chi connectivity index (χ0) is 13.0. The van der Waals surface area contributed by atoms with Crippen molar-refractivity contribution in [1.29, 1.82) is 0 Å². The van der Waals surface area contributed by atoms with Crippen LogP contribution in [-0.2, 0) is 6.54 Å². The van der Waals surface area contributed by atoms with E-state index in [9.17, 15) is 0 Å². The molecule has 0 aliphatic heterocycles. The number of thiazole rings is 1. The third kappa shape index (κ3) is 3.18. The molecule has 1 heterocycles. The van der Waals surface area contributed by atoms with E-state index in [1.54, 1.807) is 11.3 Å². The Morgan fingerprint density at radius 2 is 2.11 bits per heavy atom. The van der Waals surface area contributed by atoms with Crippen LogP contribution in [0.15, 0.2) is 24.4 Å². The Morgan fingerprint density at radius 1 is 1.28 bits per heavy atom. The van der Waals surface area contributed by atoms with Gasteiger partial charge in [0.2, 0.25) is 0 Å². The van der Waals surface area contributed by atoms with Crippen molar-refractivity contribution < 1.29 is 0 Å². The van der Waals surface area contributed by atoms with Gasteiger partial charge in [-0.1, -0.05) is 24.6 Å². The lowest BCUT2D eigenvalue weighted by Crippen LogP contribution is -2.12. The van der Waals surface area contributed by atoms with Gasteiger partial charge in [-0.25, -0.2) is 4.98 Å². The highest BCUT2D eigenvalue weighted by Gasteiger charge is 2.07. The average Bonchev–Trinajstić information content (AvgIpc) is 2.81. The maximum atomic E-state index is 4.55. The summed E-state index contributed by atoms with van der Waals surface area (Å²) in [6.07, 6.45) is 3.16. The molecule has 2 rings (SSSR count). The molecule has 0 fully saturated rings. The van der Waals surface area contributed by atoms with Gasteiger partial charge in [-0.15, -0.1) is 11.3 Å². The minimum Gasteiger partial charge on any atom is -0.312 e. The number of aromatic nitrogens is 1. The number of aryl methyl sites for hydroxylation is 2. The minimum absolute atomic E-state index is 0.927. The number of hydrogen-bond donors (Lipinski definition) is 1. The van der Waals surface area contributed by atoms with Crippen LogP contribution < -0.4 is 5.32 Å². The molecule has 2 aromatic rings. The van der Waals surface area contributed by atoms with Crippen LogP contribution in [0.4, 0.5) is 0 Å². The van der Waals surface area contributed by atoms with E-state index in [2.05, 4.69) is 49.3 Å². The molecule has 3 heteroatoms. The molecule has 0 aliphatic rings. The van der Waals surface area contributed by atoms with Crippen molar-refractivity contribution >= 4 is 11.3 Å². The Labute approximate surface area is 113 Å². The van der Waals surface area contributed by atoms with Crippen molar-refractivity contribution in [2.75, 3.05) is 6.54 Å². The second-order valence-electron chi connectivity index (χ2n) is 4.63. The Morgan fingerprint density at radius 3 is 2.89 bits per heavy atom. The maximum absolute atomic E-state index is 4.55. The Hall–Kier alpha value is -1.19. The Kier molecular flexibility index (Phi) is 4.50. The van der Waals surface area contributed by atoms with Crippen LogP contribution in [0, 0.1) is 13.8 Å². The van der Waals surface area contributed by atoms with Crippen LogP contribution in [0.2, 0.25) is 0 Å². The number of nitrogens with one attached hydrogen (secondary N) is 1. The molecular weight excluding hydrogens is 240 g/mol. The molecule has 0 saturated heterocycles. The molecule has 18 heavy (non-hydrogen) atoms. The molecule has 1 N–H and O–H groups in total. The lowest BCUT2D eigenvalue weighted by Gasteiger charge is -2.03. The van der Waals surface area contributed by atoms with Crippen LogP contribution in [0.5, 0.6) is 0 Å². The summed E-state index contributed by atoms with van der Waals surface area (Å²) in [5, 5.41) is 4.54. The molecule has 0 saturated carbocycles. The molecule has 0 radical (unpaired) electrons. The first-order valence-corrected chi connectivity index (χ1v) is 7.25. The highest BCUT2D eigenvalue weighted by molar-refractivity contribution is 7.15. The molecule has 0 spiro atoms. The summed E-state index contributed by atoms with van der Waals surface area (Å²) < 4.78 is 0. The largest absolute Gasteiger partial charge is 0.312 e. The van der Waals surface area contributed by atoms with Crippen molar-refractivity contribution in [1.82, 2.24) is 10.3 Å². The van der Waals surface area contributed by atoms with E-state index >= 15 is 0 Å². The summed E-state index contributed by atoms with van der Waals surface area (Å²) in [5.41, 5.74) is 3.85. The standard InChI is InChI=1S/C15H20N2S/c1-4-7-16-9-13-10-17-15(18-13)14-8-11(2)5-6-12(14)3/h5-6,8,10,16H,4,7,9H2,1-3H3. The zero-order valence-electron chi connectivity index (χ0n) is 11.3. The second-order valence-corrected chi connectivity index (χ2v) is 5.74. The van der Waals surface area contributed by atoms with Crippen molar-refractivity contribution in [3.05, 3.63) is 40.4 Å². The topological polar surface area (TPSA) is 24.9 Å². The summed E-state index contributed by atoms with van der Waals surface area (Å²) in [6.45, 7) is 8.44. The second kappa shape index (κ2) is 6.12. The fourth-order valence-electron chi connectivity index (χ4n) is 1.87. The first-order valence-electron chi connectivity index (χ1n) is 6.43. The molecule has 0 atom stereocenters. The number of nitrogens with zero attached hydrogens (tertiary/aromatic N) is 1. The van der Waals surface area contributed by atoms with Gasteiger partial charge in [0.05, 0.1) is 0 Å². The summed E-state index contributed by atoms with van der Waals surface area (Å²) in [7, 11) is 0. The minimum atomic E-state index is 0.927. The molecular formula is C15H20N2S. The van der Waals surface area contributed by atoms with Crippen LogP contribution in [0.1, 0.15) is 29.3 Å². The van der Waals surface area contributed by atoms with E-state index < -0.39 is 0 Å². The number of rotatable bonds is 5. The van der Waals surface area contributed by atoms with Gasteiger partial charge in [0.15, 0.2) is 0 Å². The molecule has 1 aromatic heterocycles. The maximum Gasteiger partial charge on any atom is 0.123 e. The molecule has 0 bridgehead atoms. The zero-order valence-corrected chi connectivity index (χ0v) is 12.1. The van der Waals surface area contributed by atoms with Gasteiger partial charge in [0.1, 0.15) is 5.01 Å². The van der Waals surface area contributed by atoms with E-state index in [0.29, 0.717) is 0 Å². The third-order valence-electron chi connectivity index (χ3n) is 2.90. The van der Waals surface area contributed by atoms with Gasteiger partial charge < -0.3 is 5.32 Å².